The Morgan fingerprint density at radius 1 is 1.35 bits per heavy atom. The third-order valence-corrected chi connectivity index (χ3v) is 3.76. The minimum absolute atomic E-state index is 0.126. The first-order chi connectivity index (χ1) is 7.95. The molecule has 0 N–H and O–H groups in total. The summed E-state index contributed by atoms with van der Waals surface area (Å²) < 4.78 is 28.9. The van der Waals surface area contributed by atoms with Gasteiger partial charge in [0, 0.05) is 16.0 Å². The maximum absolute atomic E-state index is 11.7. The summed E-state index contributed by atoms with van der Waals surface area (Å²) in [4.78, 5) is 11.1. The second-order valence-electron chi connectivity index (χ2n) is 3.05. The molecule has 0 aliphatic rings. The van der Waals surface area contributed by atoms with E-state index in [0.717, 1.165) is 16.0 Å². The quantitative estimate of drug-likeness (QED) is 0.631. The highest BCUT2D eigenvalue weighted by Crippen LogP contribution is 2.16. The normalized spacial score (nSPS) is 11.6. The van der Waals surface area contributed by atoms with Crippen LogP contribution in [-0.4, -0.2) is 21.0 Å². The van der Waals surface area contributed by atoms with Crippen LogP contribution in [0, 0.1) is 0 Å². The number of benzene rings is 1. The molecule has 4 nitrogen and oxygen atoms in total. The third-order valence-electron chi connectivity index (χ3n) is 1.81. The van der Waals surface area contributed by atoms with E-state index in [1.54, 1.807) is 19.1 Å². The van der Waals surface area contributed by atoms with Crippen LogP contribution in [-0.2, 0) is 19.4 Å². The van der Waals surface area contributed by atoms with Gasteiger partial charge in [-0.1, -0.05) is 15.9 Å². The first kappa shape index (κ1) is 13.9. The standard InChI is InChI=1S/C11H11BrO4S/c1-2-16-11(13)7-8-17(14,15)10-5-3-9(12)4-6-10/h3-8H,2H2,1H3. The molecule has 0 aliphatic carbocycles. The van der Waals surface area contributed by atoms with E-state index < -0.39 is 15.8 Å². The summed E-state index contributed by atoms with van der Waals surface area (Å²) in [7, 11) is -3.59. The zero-order chi connectivity index (χ0) is 12.9. The van der Waals surface area contributed by atoms with Crippen molar-refractivity contribution in [3.05, 3.63) is 40.2 Å². The minimum Gasteiger partial charge on any atom is -0.463 e. The molecule has 0 spiro atoms. The number of esters is 1. The van der Waals surface area contributed by atoms with Gasteiger partial charge in [-0.2, -0.15) is 0 Å². The number of carbonyl (C=O) groups excluding carboxylic acids is 1. The second kappa shape index (κ2) is 5.97. The van der Waals surface area contributed by atoms with E-state index in [9.17, 15) is 13.2 Å². The fraction of sp³-hybridized carbons (Fsp3) is 0.182. The number of rotatable bonds is 4. The van der Waals surface area contributed by atoms with E-state index in [-0.39, 0.29) is 11.5 Å². The molecule has 0 radical (unpaired) electrons. The Morgan fingerprint density at radius 3 is 2.47 bits per heavy atom. The number of carbonyl (C=O) groups is 1. The van der Waals surface area contributed by atoms with Gasteiger partial charge >= 0.3 is 5.97 Å². The fourth-order valence-corrected chi connectivity index (χ4v) is 2.27. The van der Waals surface area contributed by atoms with Crippen molar-refractivity contribution < 1.29 is 17.9 Å². The molecule has 17 heavy (non-hydrogen) atoms. The van der Waals surface area contributed by atoms with Gasteiger partial charge in [0.25, 0.3) is 0 Å². The van der Waals surface area contributed by atoms with Crippen molar-refractivity contribution in [3.8, 4) is 0 Å². The first-order valence-electron chi connectivity index (χ1n) is 4.81. The lowest BCUT2D eigenvalue weighted by Gasteiger charge is -1.99. The Hall–Kier alpha value is -1.14. The SMILES string of the molecule is CCOC(=O)C=CS(=O)(=O)c1ccc(Br)cc1. The van der Waals surface area contributed by atoms with E-state index in [0.29, 0.717) is 0 Å². The molecule has 0 aromatic heterocycles. The second-order valence-corrected chi connectivity index (χ2v) is 5.80. The highest BCUT2D eigenvalue weighted by Gasteiger charge is 2.10. The molecule has 1 aromatic rings. The molecule has 0 aliphatic heterocycles. The lowest BCUT2D eigenvalue weighted by atomic mass is 10.4. The summed E-state index contributed by atoms with van der Waals surface area (Å²) in [6.07, 6.45) is 0.904. The van der Waals surface area contributed by atoms with Gasteiger partial charge in [-0.25, -0.2) is 13.2 Å². The Balaban J connectivity index is 2.89. The summed E-state index contributed by atoms with van der Waals surface area (Å²) in [5.74, 6) is -0.673. The molecule has 0 bridgehead atoms. The monoisotopic (exact) mass is 318 g/mol. The molecular weight excluding hydrogens is 308 g/mol. The van der Waals surface area contributed by atoms with E-state index >= 15 is 0 Å². The van der Waals surface area contributed by atoms with Crippen molar-refractivity contribution >= 4 is 31.7 Å². The number of hydrogen-bond donors (Lipinski definition) is 0. The number of halogens is 1. The van der Waals surface area contributed by atoms with Crippen LogP contribution in [0.4, 0.5) is 0 Å². The Morgan fingerprint density at radius 2 is 1.94 bits per heavy atom. The Kier molecular flexibility index (Phi) is 4.89. The smallest absolute Gasteiger partial charge is 0.331 e. The van der Waals surface area contributed by atoms with Gasteiger partial charge in [-0.15, -0.1) is 0 Å². The van der Waals surface area contributed by atoms with Crippen LogP contribution in [0.15, 0.2) is 45.1 Å². The lowest BCUT2D eigenvalue weighted by Crippen LogP contribution is -2.02. The number of hydrogen-bond acceptors (Lipinski definition) is 4. The van der Waals surface area contributed by atoms with Gasteiger partial charge < -0.3 is 4.74 Å². The van der Waals surface area contributed by atoms with Crippen molar-refractivity contribution in [1.29, 1.82) is 0 Å². The Labute approximate surface area is 108 Å². The number of ether oxygens (including phenoxy) is 1. The van der Waals surface area contributed by atoms with Crippen molar-refractivity contribution in [3.63, 3.8) is 0 Å². The predicted molar refractivity (Wildman–Crippen MR) is 67.1 cm³/mol. The predicted octanol–water partition coefficient (Wildman–Crippen LogP) is 2.30. The maximum Gasteiger partial charge on any atom is 0.331 e. The molecule has 0 heterocycles. The summed E-state index contributed by atoms with van der Waals surface area (Å²) in [6, 6.07) is 6.14. The van der Waals surface area contributed by atoms with Gasteiger partial charge in [0.1, 0.15) is 0 Å². The van der Waals surface area contributed by atoms with E-state index in [4.69, 9.17) is 0 Å². The van der Waals surface area contributed by atoms with Crippen molar-refractivity contribution in [2.75, 3.05) is 6.61 Å². The van der Waals surface area contributed by atoms with Gasteiger partial charge in [-0.05, 0) is 31.2 Å². The van der Waals surface area contributed by atoms with Gasteiger partial charge in [0.2, 0.25) is 0 Å². The largest absolute Gasteiger partial charge is 0.463 e. The molecule has 0 fully saturated rings. The minimum atomic E-state index is -3.59. The van der Waals surface area contributed by atoms with Crippen LogP contribution in [0.2, 0.25) is 0 Å². The van der Waals surface area contributed by atoms with Gasteiger partial charge in [0.05, 0.1) is 11.5 Å². The highest BCUT2D eigenvalue weighted by atomic mass is 79.9. The van der Waals surface area contributed by atoms with Gasteiger partial charge in [-0.3, -0.25) is 0 Å². The zero-order valence-electron chi connectivity index (χ0n) is 9.09. The molecular formula is C11H11BrO4S. The summed E-state index contributed by atoms with van der Waals surface area (Å²) in [6.45, 7) is 1.86. The van der Waals surface area contributed by atoms with Crippen LogP contribution in [0.25, 0.3) is 0 Å². The molecule has 1 rings (SSSR count). The fourth-order valence-electron chi connectivity index (χ4n) is 1.04. The molecule has 0 saturated carbocycles. The topological polar surface area (TPSA) is 60.4 Å². The summed E-state index contributed by atoms with van der Waals surface area (Å²) in [5.41, 5.74) is 0. The molecule has 0 saturated heterocycles. The molecule has 0 atom stereocenters. The molecule has 6 heteroatoms. The van der Waals surface area contributed by atoms with Crippen molar-refractivity contribution in [2.45, 2.75) is 11.8 Å². The highest BCUT2D eigenvalue weighted by molar-refractivity contribution is 9.10. The summed E-state index contributed by atoms with van der Waals surface area (Å²) >= 11 is 3.21. The average Bonchev–Trinajstić information content (AvgIpc) is 2.28. The Bertz CT molecular complexity index is 517. The van der Waals surface area contributed by atoms with Crippen LogP contribution >= 0.6 is 15.9 Å². The molecule has 0 amide bonds. The van der Waals surface area contributed by atoms with Crippen LogP contribution in [0.3, 0.4) is 0 Å². The molecule has 1 aromatic carbocycles. The third kappa shape index (κ3) is 4.32. The van der Waals surface area contributed by atoms with E-state index in [2.05, 4.69) is 20.7 Å². The number of sulfone groups is 1. The maximum atomic E-state index is 11.7. The lowest BCUT2D eigenvalue weighted by molar-refractivity contribution is -0.137. The molecule has 92 valence electrons. The van der Waals surface area contributed by atoms with Gasteiger partial charge in [0.15, 0.2) is 9.84 Å². The van der Waals surface area contributed by atoms with Crippen molar-refractivity contribution in [2.24, 2.45) is 0 Å². The first-order valence-corrected chi connectivity index (χ1v) is 7.15. The van der Waals surface area contributed by atoms with Crippen molar-refractivity contribution in [1.82, 2.24) is 0 Å². The van der Waals surface area contributed by atoms with E-state index in [1.165, 1.54) is 12.1 Å². The molecule has 0 unspecified atom stereocenters. The zero-order valence-corrected chi connectivity index (χ0v) is 11.5. The van der Waals surface area contributed by atoms with Crippen LogP contribution in [0.5, 0.6) is 0 Å². The van der Waals surface area contributed by atoms with E-state index in [1.807, 2.05) is 0 Å². The average molecular weight is 319 g/mol. The van der Waals surface area contributed by atoms with Crippen LogP contribution < -0.4 is 0 Å². The summed E-state index contributed by atoms with van der Waals surface area (Å²) in [5, 5.41) is 0.841. The van der Waals surface area contributed by atoms with Crippen LogP contribution in [0.1, 0.15) is 6.92 Å².